The topological polar surface area (TPSA) is 53.2 Å². The molecule has 2 rings (SSSR count). The van der Waals surface area contributed by atoms with Gasteiger partial charge in [0.25, 0.3) is 0 Å². The first-order chi connectivity index (χ1) is 9.19. The van der Waals surface area contributed by atoms with Crippen molar-refractivity contribution in [2.45, 2.75) is 13.3 Å². The van der Waals surface area contributed by atoms with Crippen LogP contribution in [0.2, 0.25) is 0 Å². The fourth-order valence-electron chi connectivity index (χ4n) is 1.97. The quantitative estimate of drug-likeness (QED) is 0.830. The van der Waals surface area contributed by atoms with Gasteiger partial charge in [-0.1, -0.05) is 30.3 Å². The Balaban J connectivity index is 2.12. The highest BCUT2D eigenvalue weighted by molar-refractivity contribution is 5.74. The highest BCUT2D eigenvalue weighted by atomic mass is 16.1. The molecule has 1 N–H and O–H groups in total. The van der Waals surface area contributed by atoms with Crippen LogP contribution in [0.3, 0.4) is 0 Å². The maximum atomic E-state index is 11.4. The summed E-state index contributed by atoms with van der Waals surface area (Å²) >= 11 is 0. The summed E-state index contributed by atoms with van der Waals surface area (Å²) in [5, 5.41) is 0. The number of aryl methyl sites for hydroxylation is 1. The van der Waals surface area contributed by atoms with Gasteiger partial charge in [-0.15, -0.1) is 0 Å². The van der Waals surface area contributed by atoms with E-state index in [1.54, 1.807) is 17.9 Å². The van der Waals surface area contributed by atoms with Crippen molar-refractivity contribution >= 4 is 12.1 Å². The molecule has 0 radical (unpaired) electrons. The van der Waals surface area contributed by atoms with E-state index in [1.807, 2.05) is 30.3 Å². The summed E-state index contributed by atoms with van der Waals surface area (Å²) in [6.45, 7) is 2.35. The second-order valence-corrected chi connectivity index (χ2v) is 4.42. The van der Waals surface area contributed by atoms with Gasteiger partial charge < -0.3 is 9.88 Å². The number of rotatable bonds is 5. The van der Waals surface area contributed by atoms with Crippen molar-refractivity contribution in [1.82, 2.24) is 4.98 Å². The Labute approximate surface area is 111 Å². The standard InChI is InChI=1S/C15H16N2O2/c1-12-9-14(10-15(19)16-12)17(11-18)8-7-13-5-3-2-4-6-13/h2-6,9-11H,7-8H2,1H3,(H,16,19). The Hall–Kier alpha value is -2.36. The number of hydrogen-bond acceptors (Lipinski definition) is 2. The monoisotopic (exact) mass is 256 g/mol. The summed E-state index contributed by atoms with van der Waals surface area (Å²) in [5.41, 5.74) is 2.35. The fraction of sp³-hybridized carbons (Fsp3) is 0.200. The highest BCUT2D eigenvalue weighted by Crippen LogP contribution is 2.11. The third-order valence-electron chi connectivity index (χ3n) is 2.91. The molecule has 0 spiro atoms. The minimum Gasteiger partial charge on any atom is -0.326 e. The van der Waals surface area contributed by atoms with Crippen molar-refractivity contribution < 1.29 is 4.79 Å². The van der Waals surface area contributed by atoms with Crippen LogP contribution in [0.4, 0.5) is 5.69 Å². The van der Waals surface area contributed by atoms with Gasteiger partial charge in [-0.25, -0.2) is 0 Å². The zero-order valence-electron chi connectivity index (χ0n) is 10.8. The van der Waals surface area contributed by atoms with Crippen LogP contribution in [-0.4, -0.2) is 17.9 Å². The minimum atomic E-state index is -0.193. The molecule has 0 aliphatic rings. The summed E-state index contributed by atoms with van der Waals surface area (Å²) in [6, 6.07) is 13.2. The number of pyridine rings is 1. The van der Waals surface area contributed by atoms with Crippen molar-refractivity contribution in [2.75, 3.05) is 11.4 Å². The molecule has 2 aromatic rings. The van der Waals surface area contributed by atoms with Crippen LogP contribution in [0.25, 0.3) is 0 Å². The third-order valence-corrected chi connectivity index (χ3v) is 2.91. The second-order valence-electron chi connectivity index (χ2n) is 4.42. The molecule has 0 saturated heterocycles. The second kappa shape index (κ2) is 6.00. The number of carbonyl (C=O) groups excluding carboxylic acids is 1. The number of amides is 1. The van der Waals surface area contributed by atoms with Crippen molar-refractivity contribution in [3.05, 3.63) is 64.1 Å². The lowest BCUT2D eigenvalue weighted by Crippen LogP contribution is -2.25. The lowest BCUT2D eigenvalue weighted by Gasteiger charge is -2.17. The van der Waals surface area contributed by atoms with E-state index >= 15 is 0 Å². The Kier molecular flexibility index (Phi) is 4.13. The van der Waals surface area contributed by atoms with Crippen LogP contribution < -0.4 is 10.5 Å². The molecule has 0 unspecified atom stereocenters. The molecule has 4 nitrogen and oxygen atoms in total. The molecular weight excluding hydrogens is 240 g/mol. The Bertz CT molecular complexity index is 605. The predicted octanol–water partition coefficient (Wildman–Crippen LogP) is 1.89. The molecule has 19 heavy (non-hydrogen) atoms. The first-order valence-corrected chi connectivity index (χ1v) is 6.16. The van der Waals surface area contributed by atoms with Gasteiger partial charge in [-0.3, -0.25) is 9.59 Å². The summed E-state index contributed by atoms with van der Waals surface area (Å²) in [6.07, 6.45) is 1.52. The van der Waals surface area contributed by atoms with Crippen LogP contribution >= 0.6 is 0 Å². The molecular formula is C15H16N2O2. The number of benzene rings is 1. The van der Waals surface area contributed by atoms with Crippen molar-refractivity contribution in [2.24, 2.45) is 0 Å². The molecule has 4 heteroatoms. The average molecular weight is 256 g/mol. The number of hydrogen-bond donors (Lipinski definition) is 1. The molecule has 1 amide bonds. The normalized spacial score (nSPS) is 10.2. The molecule has 1 aromatic carbocycles. The van der Waals surface area contributed by atoms with Gasteiger partial charge in [0.05, 0.1) is 5.69 Å². The SMILES string of the molecule is Cc1cc(N(C=O)CCc2ccccc2)cc(=O)[nH]1. The smallest absolute Gasteiger partial charge is 0.250 e. The molecule has 98 valence electrons. The summed E-state index contributed by atoms with van der Waals surface area (Å²) in [7, 11) is 0. The Morgan fingerprint density at radius 3 is 2.58 bits per heavy atom. The van der Waals surface area contributed by atoms with E-state index < -0.39 is 0 Å². The molecule has 1 aromatic heterocycles. The first-order valence-electron chi connectivity index (χ1n) is 6.16. The van der Waals surface area contributed by atoms with E-state index in [1.165, 1.54) is 6.07 Å². The van der Waals surface area contributed by atoms with E-state index in [0.29, 0.717) is 12.2 Å². The molecule has 0 aliphatic carbocycles. The number of nitrogens with zero attached hydrogens (tertiary/aromatic N) is 1. The number of carbonyl (C=O) groups is 1. The molecule has 0 fully saturated rings. The van der Waals surface area contributed by atoms with E-state index in [4.69, 9.17) is 0 Å². The summed E-state index contributed by atoms with van der Waals surface area (Å²) in [5.74, 6) is 0. The number of aromatic amines is 1. The van der Waals surface area contributed by atoms with Gasteiger partial charge in [0.2, 0.25) is 12.0 Å². The molecule has 0 aliphatic heterocycles. The number of nitrogens with one attached hydrogen (secondary N) is 1. The Morgan fingerprint density at radius 1 is 1.21 bits per heavy atom. The lowest BCUT2D eigenvalue weighted by atomic mass is 10.1. The van der Waals surface area contributed by atoms with Crippen molar-refractivity contribution in [3.63, 3.8) is 0 Å². The fourth-order valence-corrected chi connectivity index (χ4v) is 1.97. The van der Waals surface area contributed by atoms with Gasteiger partial charge >= 0.3 is 0 Å². The maximum Gasteiger partial charge on any atom is 0.250 e. The van der Waals surface area contributed by atoms with E-state index in [0.717, 1.165) is 24.1 Å². The van der Waals surface area contributed by atoms with Crippen LogP contribution in [-0.2, 0) is 11.2 Å². The summed E-state index contributed by atoms with van der Waals surface area (Å²) in [4.78, 5) is 26.8. The highest BCUT2D eigenvalue weighted by Gasteiger charge is 2.06. The molecule has 1 heterocycles. The average Bonchev–Trinajstić information content (AvgIpc) is 2.39. The van der Waals surface area contributed by atoms with Gasteiger partial charge in [-0.05, 0) is 25.0 Å². The van der Waals surface area contributed by atoms with Gasteiger partial charge in [0.15, 0.2) is 0 Å². The van der Waals surface area contributed by atoms with Gasteiger partial charge in [0.1, 0.15) is 0 Å². The summed E-state index contributed by atoms with van der Waals surface area (Å²) < 4.78 is 0. The van der Waals surface area contributed by atoms with E-state index in [9.17, 15) is 9.59 Å². The van der Waals surface area contributed by atoms with Crippen LogP contribution in [0.5, 0.6) is 0 Å². The van der Waals surface area contributed by atoms with Gasteiger partial charge in [-0.2, -0.15) is 0 Å². The number of H-pyrrole nitrogens is 1. The first kappa shape index (κ1) is 13.1. The molecule has 0 saturated carbocycles. The van der Waals surface area contributed by atoms with Gasteiger partial charge in [0, 0.05) is 18.3 Å². The predicted molar refractivity (Wildman–Crippen MR) is 75.4 cm³/mol. The Morgan fingerprint density at radius 2 is 1.95 bits per heavy atom. The van der Waals surface area contributed by atoms with Crippen LogP contribution in [0.15, 0.2) is 47.3 Å². The lowest BCUT2D eigenvalue weighted by molar-refractivity contribution is -0.107. The number of aromatic nitrogens is 1. The molecule has 0 atom stereocenters. The third kappa shape index (κ3) is 3.55. The van der Waals surface area contributed by atoms with Crippen LogP contribution in [0.1, 0.15) is 11.3 Å². The van der Waals surface area contributed by atoms with E-state index in [2.05, 4.69) is 4.98 Å². The van der Waals surface area contributed by atoms with Crippen molar-refractivity contribution in [1.29, 1.82) is 0 Å². The zero-order chi connectivity index (χ0) is 13.7. The largest absolute Gasteiger partial charge is 0.326 e. The minimum absolute atomic E-state index is 0.193. The maximum absolute atomic E-state index is 11.4. The molecule has 0 bridgehead atoms. The van der Waals surface area contributed by atoms with E-state index in [-0.39, 0.29) is 5.56 Å². The van der Waals surface area contributed by atoms with Crippen LogP contribution in [0, 0.1) is 6.92 Å². The zero-order valence-corrected chi connectivity index (χ0v) is 10.8. The van der Waals surface area contributed by atoms with Crippen molar-refractivity contribution in [3.8, 4) is 0 Å². The number of anilines is 1.